The number of terminal acetylenes is 1. The van der Waals surface area contributed by atoms with E-state index in [0.29, 0.717) is 47.1 Å². The van der Waals surface area contributed by atoms with Crippen LogP contribution in [0.15, 0.2) is 53.1 Å². The number of allylic oxidation sites excluding steroid dienone is 4. The molecule has 4 fully saturated rings. The molecule has 0 radical (unpaired) electrons. The fourth-order valence-corrected chi connectivity index (χ4v) is 13.5. The number of carbonyl (C=O) groups is 3. The van der Waals surface area contributed by atoms with Crippen LogP contribution >= 0.6 is 11.6 Å². The van der Waals surface area contributed by atoms with Gasteiger partial charge in [0.05, 0.1) is 7.11 Å². The molecule has 7 aliphatic carbocycles. The van der Waals surface area contributed by atoms with Crippen molar-refractivity contribution in [3.05, 3.63) is 64.2 Å². The topological polar surface area (TPSA) is 89.9 Å². The number of benzene rings is 1. The lowest BCUT2D eigenvalue weighted by molar-refractivity contribution is -0.179. The number of methoxy groups -OCH3 is 1. The molecule has 8 rings (SSSR count). The van der Waals surface area contributed by atoms with Gasteiger partial charge in [-0.3, -0.25) is 14.4 Å². The first kappa shape index (κ1) is 37.2. The van der Waals surface area contributed by atoms with Crippen LogP contribution in [0, 0.1) is 58.2 Å². The van der Waals surface area contributed by atoms with Gasteiger partial charge in [-0.25, -0.2) is 0 Å². The van der Waals surface area contributed by atoms with Crippen LogP contribution in [-0.2, 0) is 25.5 Å². The van der Waals surface area contributed by atoms with Gasteiger partial charge in [0, 0.05) is 29.2 Å². The lowest BCUT2D eigenvalue weighted by atomic mass is 9.48. The van der Waals surface area contributed by atoms with Crippen LogP contribution < -0.4 is 4.74 Å². The number of esters is 1. The Balaban J connectivity index is 0.000000166. The fourth-order valence-electron chi connectivity index (χ4n) is 13.1. The predicted molar refractivity (Wildman–Crippen MR) is 203 cm³/mol. The molecule has 7 heteroatoms. The van der Waals surface area contributed by atoms with Crippen molar-refractivity contribution in [1.29, 1.82) is 0 Å². The molecule has 4 saturated carbocycles. The average Bonchev–Trinajstić information content (AvgIpc) is 3.51. The second-order valence-corrected chi connectivity index (χ2v) is 18.2. The molecule has 0 aliphatic heterocycles. The highest BCUT2D eigenvalue weighted by atomic mass is 35.5. The third kappa shape index (κ3) is 5.11. The summed E-state index contributed by atoms with van der Waals surface area (Å²) < 4.78 is 11.2. The van der Waals surface area contributed by atoms with Gasteiger partial charge in [0.15, 0.2) is 17.2 Å². The lowest BCUT2D eigenvalue weighted by Crippen LogP contribution is -2.58. The first-order valence-corrected chi connectivity index (χ1v) is 19.8. The number of halogens is 1. The molecule has 0 aromatic heterocycles. The zero-order chi connectivity index (χ0) is 37.6. The normalized spacial score (nSPS) is 42.6. The zero-order valence-electron chi connectivity index (χ0n) is 31.8. The van der Waals surface area contributed by atoms with Crippen LogP contribution in [0.4, 0.5) is 0 Å². The maximum absolute atomic E-state index is 12.9. The second kappa shape index (κ2) is 12.7. The molecule has 0 bridgehead atoms. The van der Waals surface area contributed by atoms with Crippen LogP contribution in [0.3, 0.4) is 0 Å². The van der Waals surface area contributed by atoms with Gasteiger partial charge >= 0.3 is 5.97 Å². The molecule has 1 aromatic rings. The van der Waals surface area contributed by atoms with E-state index in [4.69, 9.17) is 27.5 Å². The molecule has 7 aliphatic rings. The molecule has 278 valence electrons. The van der Waals surface area contributed by atoms with E-state index in [2.05, 4.69) is 57.5 Å². The number of ether oxygens (including phenoxy) is 2. The van der Waals surface area contributed by atoms with Gasteiger partial charge in [0.1, 0.15) is 11.4 Å². The fraction of sp³-hybridized carbons (Fsp3) is 0.622. The van der Waals surface area contributed by atoms with Gasteiger partial charge in [-0.15, -0.1) is 6.42 Å². The largest absolute Gasteiger partial charge is 0.497 e. The minimum atomic E-state index is -1.27. The number of hydrogen-bond donors (Lipinski definition) is 1. The Labute approximate surface area is 314 Å². The monoisotopic (exact) mass is 726 g/mol. The summed E-state index contributed by atoms with van der Waals surface area (Å²) in [5.41, 5.74) is 1.70. The molecule has 0 saturated heterocycles. The summed E-state index contributed by atoms with van der Waals surface area (Å²) in [5.74, 6) is 5.71. The number of aliphatic hydroxyl groups is 1. The molecule has 0 unspecified atom stereocenters. The highest BCUT2D eigenvalue weighted by Gasteiger charge is 2.69. The smallest absolute Gasteiger partial charge is 0.303 e. The predicted octanol–water partition coefficient (Wildman–Crippen LogP) is 8.83. The van der Waals surface area contributed by atoms with Gasteiger partial charge in [-0.1, -0.05) is 57.0 Å². The van der Waals surface area contributed by atoms with E-state index in [0.717, 1.165) is 62.7 Å². The van der Waals surface area contributed by atoms with E-state index in [-0.39, 0.29) is 34.2 Å². The quantitative estimate of drug-likeness (QED) is 0.190. The summed E-state index contributed by atoms with van der Waals surface area (Å²) in [7, 11) is 1.73. The van der Waals surface area contributed by atoms with Crippen molar-refractivity contribution in [2.45, 2.75) is 122 Å². The van der Waals surface area contributed by atoms with E-state index >= 15 is 0 Å². The van der Waals surface area contributed by atoms with Crippen LogP contribution in [0.1, 0.15) is 116 Å². The van der Waals surface area contributed by atoms with E-state index in [9.17, 15) is 19.5 Å². The van der Waals surface area contributed by atoms with Gasteiger partial charge < -0.3 is 14.6 Å². The molecular weight excluding hydrogens is 672 g/mol. The summed E-state index contributed by atoms with van der Waals surface area (Å²) >= 11 is 6.72. The highest BCUT2D eigenvalue weighted by Crippen LogP contribution is 2.69. The molecule has 1 aromatic carbocycles. The maximum Gasteiger partial charge on any atom is 0.303 e. The molecule has 6 nitrogen and oxygen atoms in total. The van der Waals surface area contributed by atoms with Crippen molar-refractivity contribution in [3.8, 4) is 18.1 Å². The number of ketones is 2. The molecular formula is C45H55ClO6. The number of hydrogen-bond acceptors (Lipinski definition) is 6. The Morgan fingerprint density at radius 1 is 0.981 bits per heavy atom. The first-order chi connectivity index (χ1) is 24.5. The van der Waals surface area contributed by atoms with Crippen molar-refractivity contribution in [1.82, 2.24) is 0 Å². The first-order valence-electron chi connectivity index (χ1n) is 19.4. The standard InChI is InChI=1S/C24H29ClO4.C21H26O2/c1-13-10-19-17-12-21(25)20-11-16(28)6-8-22(20,4)18(17)7-9-23(19,5)24(13,14(2)26)29-15(3)27;1-4-21(22)12-10-19-18-7-5-14-13-15(23-3)6-8-16(14)17(18)9-11-20(19,21)2/h11-12,17-19H,1,6-10H2,2-5H3;1,6,8,13,17-19,22H,5,7,9-12H2,2-3H3/t17-,18+,19+,22-,23+,24+;17-,18-,19+,20+,21+/m11/s1. The van der Waals surface area contributed by atoms with E-state index in [1.54, 1.807) is 13.2 Å². The van der Waals surface area contributed by atoms with E-state index < -0.39 is 22.6 Å². The summed E-state index contributed by atoms with van der Waals surface area (Å²) in [6, 6.07) is 6.59. The van der Waals surface area contributed by atoms with Crippen LogP contribution in [0.25, 0.3) is 0 Å². The zero-order valence-corrected chi connectivity index (χ0v) is 32.5. The Morgan fingerprint density at radius 3 is 2.37 bits per heavy atom. The molecule has 52 heavy (non-hydrogen) atoms. The molecule has 0 spiro atoms. The Hall–Kier alpha value is -3.14. The summed E-state index contributed by atoms with van der Waals surface area (Å²) in [6.07, 6.45) is 19.6. The minimum absolute atomic E-state index is 0.104. The van der Waals surface area contributed by atoms with E-state index in [1.165, 1.54) is 31.4 Å². The number of carbonyl (C=O) groups excluding carboxylic acids is 3. The van der Waals surface area contributed by atoms with Crippen molar-refractivity contribution < 1.29 is 29.0 Å². The third-order valence-corrected chi connectivity index (χ3v) is 16.2. The average molecular weight is 727 g/mol. The van der Waals surface area contributed by atoms with E-state index in [1.807, 2.05) is 0 Å². The Bertz CT molecular complexity index is 1830. The van der Waals surface area contributed by atoms with Gasteiger partial charge in [0.2, 0.25) is 0 Å². The molecule has 0 amide bonds. The summed E-state index contributed by atoms with van der Waals surface area (Å²) in [4.78, 5) is 36.9. The SMILES string of the molecule is C#C[C@]1(O)CC[C@H]2[C@@H]3CCc4cc(OC)ccc4[C@H]3CC[C@@]21C.C=C1C[C@H]2[C@@H]3C=C(Cl)C4=CC(=O)CC[C@]4(C)[C@H]3CC[C@]2(C)[C@@]1(OC(C)=O)C(C)=O. The van der Waals surface area contributed by atoms with Gasteiger partial charge in [-0.05, 0) is 153 Å². The minimum Gasteiger partial charge on any atom is -0.497 e. The second-order valence-electron chi connectivity index (χ2n) is 17.8. The third-order valence-electron chi connectivity index (χ3n) is 15.8. The van der Waals surface area contributed by atoms with Gasteiger partial charge in [0.25, 0.3) is 0 Å². The van der Waals surface area contributed by atoms with Crippen molar-refractivity contribution >= 4 is 29.1 Å². The molecule has 0 heterocycles. The van der Waals surface area contributed by atoms with Gasteiger partial charge in [-0.2, -0.15) is 0 Å². The van der Waals surface area contributed by atoms with Crippen molar-refractivity contribution in [2.24, 2.45) is 45.8 Å². The van der Waals surface area contributed by atoms with Crippen LogP contribution in [-0.4, -0.2) is 41.0 Å². The number of Topliss-reactive ketones (excluding diaryl/α,β-unsaturated/α-hetero) is 1. The Kier molecular flexibility index (Phi) is 9.10. The molecule has 1 N–H and O–H groups in total. The lowest BCUT2D eigenvalue weighted by Gasteiger charge is -2.57. The summed E-state index contributed by atoms with van der Waals surface area (Å²) in [5, 5.41) is 11.6. The van der Waals surface area contributed by atoms with Crippen molar-refractivity contribution in [3.63, 3.8) is 0 Å². The maximum atomic E-state index is 12.9. The number of rotatable bonds is 3. The number of aryl methyl sites for hydroxylation is 1. The van der Waals surface area contributed by atoms with Crippen LogP contribution in [0.5, 0.6) is 5.75 Å². The van der Waals surface area contributed by atoms with Crippen molar-refractivity contribution in [2.75, 3.05) is 7.11 Å². The molecule has 11 atom stereocenters. The highest BCUT2D eigenvalue weighted by molar-refractivity contribution is 6.32. The summed E-state index contributed by atoms with van der Waals surface area (Å²) in [6.45, 7) is 13.6. The Morgan fingerprint density at radius 2 is 1.69 bits per heavy atom. The van der Waals surface area contributed by atoms with Crippen LogP contribution in [0.2, 0.25) is 0 Å². The number of fused-ring (bicyclic) bond motifs is 10.